The highest BCUT2D eigenvalue weighted by molar-refractivity contribution is 4.88. The van der Waals surface area contributed by atoms with Gasteiger partial charge in [0.2, 0.25) is 0 Å². The van der Waals surface area contributed by atoms with E-state index in [-0.39, 0.29) is 0 Å². The van der Waals surface area contributed by atoms with Crippen molar-refractivity contribution in [2.45, 2.75) is 57.8 Å². The second-order valence-electron chi connectivity index (χ2n) is 5.96. The van der Waals surface area contributed by atoms with Crippen molar-refractivity contribution in [3.63, 3.8) is 0 Å². The molecule has 1 heterocycles. The molecule has 0 aromatic carbocycles. The van der Waals surface area contributed by atoms with Gasteiger partial charge in [-0.15, -0.1) is 0 Å². The van der Waals surface area contributed by atoms with Gasteiger partial charge < -0.3 is 10.6 Å². The molecule has 0 radical (unpaired) electrons. The number of likely N-dealkylation sites (tertiary alicyclic amines) is 1. The third kappa shape index (κ3) is 3.21. The van der Waals surface area contributed by atoms with Gasteiger partial charge in [-0.25, -0.2) is 0 Å². The molecule has 0 amide bonds. The zero-order valence-corrected chi connectivity index (χ0v) is 10.7. The molecule has 1 aliphatic carbocycles. The summed E-state index contributed by atoms with van der Waals surface area (Å²) in [6.45, 7) is 4.83. The molecule has 0 aromatic heterocycles. The Hall–Kier alpha value is -0.0800. The molecule has 2 N–H and O–H groups in total. The maximum Gasteiger partial charge on any atom is 0.00501 e. The first-order valence-electron chi connectivity index (χ1n) is 7.27. The highest BCUT2D eigenvalue weighted by Gasteiger charge is 2.33. The van der Waals surface area contributed by atoms with E-state index in [0.29, 0.717) is 5.41 Å². The first-order valence-corrected chi connectivity index (χ1v) is 7.27. The Labute approximate surface area is 101 Å². The van der Waals surface area contributed by atoms with Crippen LogP contribution in [0.25, 0.3) is 0 Å². The lowest BCUT2D eigenvalue weighted by Crippen LogP contribution is -2.42. The molecule has 1 aliphatic heterocycles. The zero-order chi connectivity index (χ0) is 11.3. The van der Waals surface area contributed by atoms with Crippen LogP contribution in [0.2, 0.25) is 0 Å². The Morgan fingerprint density at radius 2 is 1.38 bits per heavy atom. The van der Waals surface area contributed by atoms with Crippen LogP contribution in [0.4, 0.5) is 0 Å². The van der Waals surface area contributed by atoms with Gasteiger partial charge in [-0.05, 0) is 50.7 Å². The van der Waals surface area contributed by atoms with Crippen molar-refractivity contribution in [2.75, 3.05) is 26.2 Å². The van der Waals surface area contributed by atoms with Crippen molar-refractivity contribution in [1.82, 2.24) is 4.90 Å². The summed E-state index contributed by atoms with van der Waals surface area (Å²) < 4.78 is 0. The average Bonchev–Trinajstić information content (AvgIpc) is 2.71. The van der Waals surface area contributed by atoms with Crippen LogP contribution < -0.4 is 5.73 Å². The molecule has 1 saturated heterocycles. The molecule has 16 heavy (non-hydrogen) atoms. The molecular weight excluding hydrogens is 196 g/mol. The Bertz CT molecular complexity index is 189. The summed E-state index contributed by atoms with van der Waals surface area (Å²) in [5, 5.41) is 0. The fraction of sp³-hybridized carbons (Fsp3) is 1.00. The van der Waals surface area contributed by atoms with Crippen molar-refractivity contribution in [1.29, 1.82) is 0 Å². The van der Waals surface area contributed by atoms with Crippen molar-refractivity contribution in [3.8, 4) is 0 Å². The van der Waals surface area contributed by atoms with Gasteiger partial charge in [-0.1, -0.05) is 32.1 Å². The first kappa shape index (κ1) is 12.4. The lowest BCUT2D eigenvalue weighted by molar-refractivity contribution is 0.147. The fourth-order valence-electron chi connectivity index (χ4n) is 3.50. The predicted molar refractivity (Wildman–Crippen MR) is 69.5 cm³/mol. The summed E-state index contributed by atoms with van der Waals surface area (Å²) in [6.07, 6.45) is 12.7. The van der Waals surface area contributed by atoms with Crippen LogP contribution in [0, 0.1) is 5.41 Å². The number of nitrogens with two attached hydrogens (primary N) is 1. The molecule has 0 atom stereocenters. The van der Waals surface area contributed by atoms with Gasteiger partial charge in [0.1, 0.15) is 0 Å². The maximum absolute atomic E-state index is 6.03. The minimum atomic E-state index is 0.485. The van der Waals surface area contributed by atoms with Crippen molar-refractivity contribution < 1.29 is 0 Å². The van der Waals surface area contributed by atoms with E-state index in [2.05, 4.69) is 4.90 Å². The van der Waals surface area contributed by atoms with Gasteiger partial charge in [0, 0.05) is 6.54 Å². The van der Waals surface area contributed by atoms with Gasteiger partial charge in [-0.2, -0.15) is 0 Å². The fourth-order valence-corrected chi connectivity index (χ4v) is 3.50. The van der Waals surface area contributed by atoms with Gasteiger partial charge in [0.05, 0.1) is 0 Å². The van der Waals surface area contributed by atoms with Gasteiger partial charge >= 0.3 is 0 Å². The molecule has 2 heteroatoms. The van der Waals surface area contributed by atoms with Crippen LogP contribution in [-0.2, 0) is 0 Å². The number of hydrogen-bond acceptors (Lipinski definition) is 2. The number of nitrogens with zero attached hydrogens (tertiary/aromatic N) is 1. The lowest BCUT2D eigenvalue weighted by atomic mass is 9.85. The van der Waals surface area contributed by atoms with E-state index in [9.17, 15) is 0 Å². The van der Waals surface area contributed by atoms with Crippen LogP contribution in [0.3, 0.4) is 0 Å². The van der Waals surface area contributed by atoms with Gasteiger partial charge in [0.25, 0.3) is 0 Å². The van der Waals surface area contributed by atoms with Crippen LogP contribution in [-0.4, -0.2) is 31.1 Å². The summed E-state index contributed by atoms with van der Waals surface area (Å²) in [7, 11) is 0. The van der Waals surface area contributed by atoms with Crippen molar-refractivity contribution in [3.05, 3.63) is 0 Å². The SMILES string of the molecule is NCC1(CN2CCCCCCC2)CCCC1. The molecule has 0 spiro atoms. The van der Waals surface area contributed by atoms with Crippen molar-refractivity contribution in [2.24, 2.45) is 11.1 Å². The standard InChI is InChI=1S/C14H28N2/c15-12-14(8-4-5-9-14)13-16-10-6-2-1-3-7-11-16/h1-13,15H2. The second-order valence-corrected chi connectivity index (χ2v) is 5.96. The molecule has 2 rings (SSSR count). The minimum absolute atomic E-state index is 0.485. The highest BCUT2D eigenvalue weighted by Crippen LogP contribution is 2.38. The molecule has 2 aliphatic rings. The van der Waals surface area contributed by atoms with E-state index in [1.54, 1.807) is 0 Å². The van der Waals surface area contributed by atoms with E-state index in [1.807, 2.05) is 0 Å². The largest absolute Gasteiger partial charge is 0.330 e. The summed E-state index contributed by atoms with van der Waals surface area (Å²) in [6, 6.07) is 0. The molecule has 0 aromatic rings. The Morgan fingerprint density at radius 3 is 1.94 bits per heavy atom. The van der Waals surface area contributed by atoms with Crippen molar-refractivity contribution >= 4 is 0 Å². The number of rotatable bonds is 3. The third-order valence-electron chi connectivity index (χ3n) is 4.60. The molecule has 94 valence electrons. The topological polar surface area (TPSA) is 29.3 Å². The quantitative estimate of drug-likeness (QED) is 0.798. The molecular formula is C14H28N2. The first-order chi connectivity index (χ1) is 7.85. The van der Waals surface area contributed by atoms with Gasteiger partial charge in [0.15, 0.2) is 0 Å². The van der Waals surface area contributed by atoms with E-state index in [4.69, 9.17) is 5.73 Å². The molecule has 0 unspecified atom stereocenters. The molecule has 0 bridgehead atoms. The van der Waals surface area contributed by atoms with Crippen LogP contribution in [0.5, 0.6) is 0 Å². The average molecular weight is 224 g/mol. The van der Waals surface area contributed by atoms with Crippen LogP contribution in [0.1, 0.15) is 57.8 Å². The van der Waals surface area contributed by atoms with E-state index in [1.165, 1.54) is 77.4 Å². The van der Waals surface area contributed by atoms with E-state index < -0.39 is 0 Å². The van der Waals surface area contributed by atoms with Gasteiger partial charge in [-0.3, -0.25) is 0 Å². The lowest BCUT2D eigenvalue weighted by Gasteiger charge is -2.35. The predicted octanol–water partition coefficient (Wildman–Crippen LogP) is 2.77. The summed E-state index contributed by atoms with van der Waals surface area (Å²) in [4.78, 5) is 2.71. The van der Waals surface area contributed by atoms with E-state index in [0.717, 1.165) is 6.54 Å². The number of hydrogen-bond donors (Lipinski definition) is 1. The van der Waals surface area contributed by atoms with Crippen LogP contribution >= 0.6 is 0 Å². The molecule has 2 nitrogen and oxygen atoms in total. The molecule has 1 saturated carbocycles. The zero-order valence-electron chi connectivity index (χ0n) is 10.7. The summed E-state index contributed by atoms with van der Waals surface area (Å²) in [5.74, 6) is 0. The molecule has 2 fully saturated rings. The maximum atomic E-state index is 6.03. The normalized spacial score (nSPS) is 27.6. The highest BCUT2D eigenvalue weighted by atomic mass is 15.1. The minimum Gasteiger partial charge on any atom is -0.330 e. The Kier molecular flexibility index (Phi) is 4.66. The third-order valence-corrected chi connectivity index (χ3v) is 4.60. The monoisotopic (exact) mass is 224 g/mol. The second kappa shape index (κ2) is 6.02. The smallest absolute Gasteiger partial charge is 0.00501 e. The van der Waals surface area contributed by atoms with Crippen LogP contribution in [0.15, 0.2) is 0 Å². The Balaban J connectivity index is 1.85. The Morgan fingerprint density at radius 1 is 0.812 bits per heavy atom. The summed E-state index contributed by atoms with van der Waals surface area (Å²) >= 11 is 0. The summed E-state index contributed by atoms with van der Waals surface area (Å²) in [5.41, 5.74) is 6.51. The van der Waals surface area contributed by atoms with E-state index >= 15 is 0 Å².